The van der Waals surface area contributed by atoms with E-state index < -0.39 is 0 Å². The summed E-state index contributed by atoms with van der Waals surface area (Å²) in [6.07, 6.45) is 4.86. The fourth-order valence-electron chi connectivity index (χ4n) is 3.08. The Balaban J connectivity index is 1.65. The minimum absolute atomic E-state index is 0.158. The molecule has 0 spiro atoms. The van der Waals surface area contributed by atoms with Crippen molar-refractivity contribution in [1.82, 2.24) is 9.78 Å². The van der Waals surface area contributed by atoms with Crippen LogP contribution >= 0.6 is 11.6 Å². The molecule has 0 amide bonds. The quantitative estimate of drug-likeness (QED) is 0.288. The third kappa shape index (κ3) is 4.85. The molecule has 154 valence electrons. The lowest BCUT2D eigenvalue weighted by molar-refractivity contribution is 0.104. The van der Waals surface area contributed by atoms with E-state index in [1.165, 1.54) is 6.08 Å². The Bertz CT molecular complexity index is 1200. The number of aromatic nitrogens is 2. The zero-order chi connectivity index (χ0) is 21.6. The number of halogens is 1. The number of nitrogens with one attached hydrogen (secondary N) is 1. The molecule has 0 bridgehead atoms. The summed E-state index contributed by atoms with van der Waals surface area (Å²) in [5, 5.41) is 8.43. The molecule has 0 radical (unpaired) electrons. The lowest BCUT2D eigenvalue weighted by Gasteiger charge is -2.03. The number of nitrogens with zero attached hydrogens (tertiary/aromatic N) is 2. The van der Waals surface area contributed by atoms with Crippen LogP contribution in [-0.4, -0.2) is 22.7 Å². The van der Waals surface area contributed by atoms with E-state index in [1.54, 1.807) is 36.3 Å². The van der Waals surface area contributed by atoms with E-state index in [1.807, 2.05) is 66.7 Å². The van der Waals surface area contributed by atoms with Gasteiger partial charge in [0.05, 0.1) is 18.4 Å². The first kappa shape index (κ1) is 20.4. The normalized spacial score (nSPS) is 10.9. The van der Waals surface area contributed by atoms with Crippen LogP contribution in [0, 0.1) is 0 Å². The van der Waals surface area contributed by atoms with E-state index in [0.717, 1.165) is 22.7 Å². The molecule has 4 rings (SSSR count). The molecule has 0 atom stereocenters. The number of rotatable bonds is 7. The van der Waals surface area contributed by atoms with Gasteiger partial charge in [0, 0.05) is 34.7 Å². The minimum atomic E-state index is -0.158. The molecule has 1 heterocycles. The number of ether oxygens (including phenoxy) is 1. The van der Waals surface area contributed by atoms with E-state index in [-0.39, 0.29) is 5.78 Å². The molecular formula is C25H20ClN3O2. The Hall–Kier alpha value is -3.83. The number of anilines is 1. The van der Waals surface area contributed by atoms with Crippen molar-refractivity contribution in [3.05, 3.63) is 108 Å². The van der Waals surface area contributed by atoms with Crippen LogP contribution in [0.1, 0.15) is 10.4 Å². The lowest BCUT2D eigenvalue weighted by Crippen LogP contribution is -1.97. The van der Waals surface area contributed by atoms with Crippen molar-refractivity contribution in [2.24, 2.45) is 0 Å². The van der Waals surface area contributed by atoms with Crippen molar-refractivity contribution in [3.63, 3.8) is 0 Å². The predicted molar refractivity (Wildman–Crippen MR) is 124 cm³/mol. The molecule has 5 nitrogen and oxygen atoms in total. The maximum atomic E-state index is 13.0. The lowest BCUT2D eigenvalue weighted by atomic mass is 10.1. The van der Waals surface area contributed by atoms with Gasteiger partial charge in [-0.1, -0.05) is 29.8 Å². The van der Waals surface area contributed by atoms with Gasteiger partial charge >= 0.3 is 0 Å². The van der Waals surface area contributed by atoms with Crippen molar-refractivity contribution < 1.29 is 9.53 Å². The highest BCUT2D eigenvalue weighted by Crippen LogP contribution is 2.26. The molecular weight excluding hydrogens is 410 g/mol. The molecule has 0 saturated carbocycles. The average molecular weight is 430 g/mol. The fraction of sp³-hybridized carbons (Fsp3) is 0.0400. The first-order valence-corrected chi connectivity index (χ1v) is 10.0. The maximum Gasteiger partial charge on any atom is 0.191 e. The fourth-order valence-corrected chi connectivity index (χ4v) is 3.20. The number of para-hydroxylation sites is 1. The van der Waals surface area contributed by atoms with Crippen LogP contribution in [0.2, 0.25) is 5.02 Å². The zero-order valence-electron chi connectivity index (χ0n) is 16.8. The summed E-state index contributed by atoms with van der Waals surface area (Å²) in [4.78, 5) is 13.0. The summed E-state index contributed by atoms with van der Waals surface area (Å²) in [5.74, 6) is 0.584. The van der Waals surface area contributed by atoms with Gasteiger partial charge in [0.2, 0.25) is 0 Å². The van der Waals surface area contributed by atoms with Crippen LogP contribution in [0.3, 0.4) is 0 Å². The van der Waals surface area contributed by atoms with Crippen molar-refractivity contribution >= 4 is 23.1 Å². The van der Waals surface area contributed by atoms with E-state index >= 15 is 0 Å². The number of carbonyl (C=O) groups excluding carboxylic acids is 1. The monoisotopic (exact) mass is 429 g/mol. The Labute approximate surface area is 185 Å². The number of allylic oxidation sites excluding steroid dienone is 1. The Morgan fingerprint density at radius 2 is 1.71 bits per heavy atom. The Morgan fingerprint density at radius 1 is 1.00 bits per heavy atom. The number of hydrogen-bond donors (Lipinski definition) is 1. The number of hydrogen-bond acceptors (Lipinski definition) is 4. The molecule has 1 aromatic heterocycles. The van der Waals surface area contributed by atoms with Crippen LogP contribution in [0.15, 0.2) is 97.3 Å². The first-order valence-electron chi connectivity index (χ1n) is 9.66. The highest BCUT2D eigenvalue weighted by atomic mass is 35.5. The number of ketones is 1. The largest absolute Gasteiger partial charge is 0.497 e. The van der Waals surface area contributed by atoms with Gasteiger partial charge in [0.15, 0.2) is 5.78 Å². The van der Waals surface area contributed by atoms with Gasteiger partial charge in [-0.15, -0.1) is 0 Å². The van der Waals surface area contributed by atoms with Crippen LogP contribution in [0.5, 0.6) is 5.75 Å². The zero-order valence-corrected chi connectivity index (χ0v) is 17.6. The molecule has 1 N–H and O–H groups in total. The van der Waals surface area contributed by atoms with E-state index in [2.05, 4.69) is 10.4 Å². The van der Waals surface area contributed by atoms with Gasteiger partial charge in [0.25, 0.3) is 0 Å². The highest BCUT2D eigenvalue weighted by molar-refractivity contribution is 6.30. The van der Waals surface area contributed by atoms with Crippen LogP contribution in [-0.2, 0) is 0 Å². The summed E-state index contributed by atoms with van der Waals surface area (Å²) >= 11 is 5.91. The van der Waals surface area contributed by atoms with Crippen molar-refractivity contribution in [3.8, 4) is 22.7 Å². The highest BCUT2D eigenvalue weighted by Gasteiger charge is 2.17. The number of carbonyl (C=O) groups is 1. The number of methoxy groups -OCH3 is 1. The summed E-state index contributed by atoms with van der Waals surface area (Å²) in [6.45, 7) is 0. The van der Waals surface area contributed by atoms with Gasteiger partial charge < -0.3 is 10.1 Å². The van der Waals surface area contributed by atoms with Gasteiger partial charge in [0.1, 0.15) is 11.4 Å². The summed E-state index contributed by atoms with van der Waals surface area (Å²) in [6, 6.07) is 24.4. The second-order valence-corrected chi connectivity index (χ2v) is 7.19. The molecule has 0 aliphatic rings. The van der Waals surface area contributed by atoms with Crippen LogP contribution < -0.4 is 10.1 Å². The molecule has 0 aliphatic carbocycles. The van der Waals surface area contributed by atoms with Gasteiger partial charge in [-0.3, -0.25) is 4.79 Å². The second-order valence-electron chi connectivity index (χ2n) is 6.75. The van der Waals surface area contributed by atoms with Crippen molar-refractivity contribution in [1.29, 1.82) is 0 Å². The van der Waals surface area contributed by atoms with E-state index in [0.29, 0.717) is 16.3 Å². The van der Waals surface area contributed by atoms with Gasteiger partial charge in [-0.25, -0.2) is 4.68 Å². The molecule has 31 heavy (non-hydrogen) atoms. The number of benzene rings is 3. The van der Waals surface area contributed by atoms with Gasteiger partial charge in [-0.05, 0) is 60.7 Å². The molecule has 3 aromatic carbocycles. The predicted octanol–water partition coefficient (Wildman–Crippen LogP) is 6.01. The molecule has 6 heteroatoms. The van der Waals surface area contributed by atoms with Crippen LogP contribution in [0.4, 0.5) is 5.69 Å². The van der Waals surface area contributed by atoms with Crippen LogP contribution in [0.25, 0.3) is 16.9 Å². The first-order chi connectivity index (χ1) is 15.1. The smallest absolute Gasteiger partial charge is 0.191 e. The minimum Gasteiger partial charge on any atom is -0.497 e. The van der Waals surface area contributed by atoms with Gasteiger partial charge in [-0.2, -0.15) is 5.10 Å². The standard InChI is InChI=1S/C25H20ClN3O2/c1-31-22-13-7-18(8-14-22)25-23(17-29(28-25)21-5-3-2-4-6-21)24(30)15-16-27-20-11-9-19(26)10-12-20/h2-17,27H,1H3/b16-15-. The summed E-state index contributed by atoms with van der Waals surface area (Å²) in [7, 11) is 1.62. The molecule has 0 aliphatic heterocycles. The SMILES string of the molecule is COc1ccc(-c2nn(-c3ccccc3)cc2C(=O)/C=C\Nc2ccc(Cl)cc2)cc1. The average Bonchev–Trinajstić information content (AvgIpc) is 3.27. The summed E-state index contributed by atoms with van der Waals surface area (Å²) < 4.78 is 6.96. The maximum absolute atomic E-state index is 13.0. The topological polar surface area (TPSA) is 56.2 Å². The molecule has 4 aromatic rings. The third-order valence-electron chi connectivity index (χ3n) is 4.69. The Kier molecular flexibility index (Phi) is 6.15. The van der Waals surface area contributed by atoms with E-state index in [9.17, 15) is 4.79 Å². The van der Waals surface area contributed by atoms with Crippen molar-refractivity contribution in [2.45, 2.75) is 0 Å². The molecule has 0 saturated heterocycles. The third-order valence-corrected chi connectivity index (χ3v) is 4.94. The molecule has 0 fully saturated rings. The molecule has 0 unspecified atom stereocenters. The summed E-state index contributed by atoms with van der Waals surface area (Å²) in [5.41, 5.74) is 3.65. The van der Waals surface area contributed by atoms with Crippen molar-refractivity contribution in [2.75, 3.05) is 12.4 Å². The Morgan fingerprint density at radius 3 is 2.39 bits per heavy atom. The second kappa shape index (κ2) is 9.32. The van der Waals surface area contributed by atoms with E-state index in [4.69, 9.17) is 16.3 Å².